The standard InChI is InChI=1S/C19H18N4O5/c1-12-3-2-4-13(9-12)20-15-6-5-14(23(27)28)10-16(15)21-17-11-18(25)22(7-8-24)19(17)26/h2-6,9-11,20-21,24H,7-8H2,1H3. The molecule has 0 atom stereocenters. The molecule has 2 aromatic rings. The predicted octanol–water partition coefficient (Wildman–Crippen LogP) is 2.30. The number of carbonyl (C=O) groups excluding carboxylic acids is 2. The molecule has 2 amide bonds. The van der Waals surface area contributed by atoms with Crippen molar-refractivity contribution in [1.29, 1.82) is 0 Å². The fourth-order valence-electron chi connectivity index (χ4n) is 2.79. The van der Waals surface area contributed by atoms with Crippen LogP contribution in [0.5, 0.6) is 0 Å². The van der Waals surface area contributed by atoms with E-state index in [1.807, 2.05) is 31.2 Å². The van der Waals surface area contributed by atoms with Crippen molar-refractivity contribution >= 4 is 34.6 Å². The molecule has 144 valence electrons. The summed E-state index contributed by atoms with van der Waals surface area (Å²) in [5.41, 5.74) is 2.38. The second kappa shape index (κ2) is 7.89. The summed E-state index contributed by atoms with van der Waals surface area (Å²) in [5, 5.41) is 26.1. The first kappa shape index (κ1) is 19.1. The number of rotatable bonds is 7. The molecule has 0 saturated heterocycles. The molecule has 3 rings (SSSR count). The van der Waals surface area contributed by atoms with Crippen LogP contribution in [-0.4, -0.2) is 39.9 Å². The van der Waals surface area contributed by atoms with Crippen LogP contribution in [0.25, 0.3) is 0 Å². The Morgan fingerprint density at radius 3 is 2.57 bits per heavy atom. The molecule has 1 heterocycles. The minimum absolute atomic E-state index is 0.0220. The molecule has 0 fully saturated rings. The Bertz CT molecular complexity index is 986. The lowest BCUT2D eigenvalue weighted by Gasteiger charge is -2.16. The van der Waals surface area contributed by atoms with Gasteiger partial charge in [0.1, 0.15) is 5.70 Å². The Balaban J connectivity index is 1.93. The summed E-state index contributed by atoms with van der Waals surface area (Å²) in [5.74, 6) is -1.16. The van der Waals surface area contributed by atoms with Crippen molar-refractivity contribution in [3.63, 3.8) is 0 Å². The van der Waals surface area contributed by atoms with Crippen LogP contribution in [0.4, 0.5) is 22.7 Å². The lowest BCUT2D eigenvalue weighted by atomic mass is 10.2. The number of carbonyl (C=O) groups is 2. The SMILES string of the molecule is Cc1cccc(Nc2ccc([N+](=O)[O-])cc2NC2=CC(=O)N(CCO)C2=O)c1. The topological polar surface area (TPSA) is 125 Å². The maximum Gasteiger partial charge on any atom is 0.277 e. The Kier molecular flexibility index (Phi) is 5.37. The highest BCUT2D eigenvalue weighted by Crippen LogP contribution is 2.31. The first-order valence-corrected chi connectivity index (χ1v) is 8.46. The second-order valence-electron chi connectivity index (χ2n) is 6.18. The molecular weight excluding hydrogens is 364 g/mol. The van der Waals surface area contributed by atoms with Gasteiger partial charge >= 0.3 is 0 Å². The van der Waals surface area contributed by atoms with Crippen LogP contribution in [0.1, 0.15) is 5.56 Å². The number of nitro benzene ring substituents is 1. The van der Waals surface area contributed by atoms with Gasteiger partial charge in [-0.1, -0.05) is 12.1 Å². The minimum Gasteiger partial charge on any atom is -0.395 e. The molecule has 1 aliphatic heterocycles. The quantitative estimate of drug-likeness (QED) is 0.381. The van der Waals surface area contributed by atoms with Crippen molar-refractivity contribution in [2.75, 3.05) is 23.8 Å². The molecule has 0 aromatic heterocycles. The lowest BCUT2D eigenvalue weighted by Crippen LogP contribution is -2.34. The van der Waals surface area contributed by atoms with Gasteiger partial charge in [-0.3, -0.25) is 24.6 Å². The molecule has 0 radical (unpaired) electrons. The van der Waals surface area contributed by atoms with Crippen molar-refractivity contribution in [3.05, 3.63) is 69.9 Å². The number of aliphatic hydroxyl groups is 1. The number of non-ortho nitro benzene ring substituents is 1. The van der Waals surface area contributed by atoms with E-state index in [9.17, 15) is 19.7 Å². The number of aliphatic hydroxyl groups excluding tert-OH is 1. The van der Waals surface area contributed by atoms with Crippen molar-refractivity contribution < 1.29 is 19.6 Å². The highest BCUT2D eigenvalue weighted by Gasteiger charge is 2.31. The van der Waals surface area contributed by atoms with Crippen molar-refractivity contribution in [1.82, 2.24) is 4.90 Å². The molecule has 9 nitrogen and oxygen atoms in total. The Labute approximate surface area is 160 Å². The number of hydrogen-bond donors (Lipinski definition) is 3. The third-order valence-corrected chi connectivity index (χ3v) is 4.11. The van der Waals surface area contributed by atoms with Gasteiger partial charge in [-0.15, -0.1) is 0 Å². The molecule has 0 saturated carbocycles. The van der Waals surface area contributed by atoms with Crippen LogP contribution in [0, 0.1) is 17.0 Å². The predicted molar refractivity (Wildman–Crippen MR) is 103 cm³/mol. The van der Waals surface area contributed by atoms with Gasteiger partial charge in [-0.25, -0.2) is 0 Å². The van der Waals surface area contributed by atoms with E-state index >= 15 is 0 Å². The third kappa shape index (κ3) is 3.99. The summed E-state index contributed by atoms with van der Waals surface area (Å²) in [7, 11) is 0. The number of nitrogens with zero attached hydrogens (tertiary/aromatic N) is 2. The average molecular weight is 382 g/mol. The summed E-state index contributed by atoms with van der Waals surface area (Å²) in [6.07, 6.45) is 1.10. The van der Waals surface area contributed by atoms with Crippen molar-refractivity contribution in [3.8, 4) is 0 Å². The zero-order valence-corrected chi connectivity index (χ0v) is 15.0. The molecule has 0 aliphatic carbocycles. The summed E-state index contributed by atoms with van der Waals surface area (Å²) >= 11 is 0. The fourth-order valence-corrected chi connectivity index (χ4v) is 2.79. The zero-order chi connectivity index (χ0) is 20.3. The van der Waals surface area contributed by atoms with Crippen LogP contribution in [-0.2, 0) is 9.59 Å². The molecule has 0 bridgehead atoms. The number of anilines is 3. The molecular formula is C19H18N4O5. The third-order valence-electron chi connectivity index (χ3n) is 4.11. The van der Waals surface area contributed by atoms with Crippen molar-refractivity contribution in [2.45, 2.75) is 6.92 Å². The van der Waals surface area contributed by atoms with E-state index in [-0.39, 0.29) is 30.2 Å². The van der Waals surface area contributed by atoms with E-state index in [1.165, 1.54) is 18.2 Å². The molecule has 1 aliphatic rings. The van der Waals surface area contributed by atoms with E-state index in [4.69, 9.17) is 5.11 Å². The van der Waals surface area contributed by atoms with Gasteiger partial charge in [0.05, 0.1) is 29.4 Å². The van der Waals surface area contributed by atoms with E-state index in [2.05, 4.69) is 10.6 Å². The zero-order valence-electron chi connectivity index (χ0n) is 15.0. The van der Waals surface area contributed by atoms with Gasteiger partial charge in [0.25, 0.3) is 17.5 Å². The van der Waals surface area contributed by atoms with Gasteiger partial charge < -0.3 is 15.7 Å². The van der Waals surface area contributed by atoms with E-state index in [0.29, 0.717) is 5.69 Å². The Hall–Kier alpha value is -3.72. The van der Waals surface area contributed by atoms with Gasteiger partial charge in [0.2, 0.25) is 0 Å². The molecule has 0 unspecified atom stereocenters. The molecule has 28 heavy (non-hydrogen) atoms. The van der Waals surface area contributed by atoms with Crippen LogP contribution >= 0.6 is 0 Å². The fraction of sp³-hybridized carbons (Fsp3) is 0.158. The van der Waals surface area contributed by atoms with Crippen LogP contribution in [0.3, 0.4) is 0 Å². The maximum absolute atomic E-state index is 12.4. The minimum atomic E-state index is -0.605. The van der Waals surface area contributed by atoms with E-state index < -0.39 is 16.7 Å². The van der Waals surface area contributed by atoms with Gasteiger partial charge in [0, 0.05) is 23.9 Å². The van der Waals surface area contributed by atoms with Crippen molar-refractivity contribution in [2.24, 2.45) is 0 Å². The number of imide groups is 1. The normalized spacial score (nSPS) is 13.5. The van der Waals surface area contributed by atoms with Gasteiger partial charge in [0.15, 0.2) is 0 Å². The summed E-state index contributed by atoms with van der Waals surface area (Å²) in [4.78, 5) is 35.8. The van der Waals surface area contributed by atoms with Gasteiger partial charge in [-0.05, 0) is 30.7 Å². The van der Waals surface area contributed by atoms with Crippen LogP contribution in [0.2, 0.25) is 0 Å². The van der Waals surface area contributed by atoms with E-state index in [0.717, 1.165) is 22.2 Å². The largest absolute Gasteiger partial charge is 0.395 e. The second-order valence-corrected chi connectivity index (χ2v) is 6.18. The Morgan fingerprint density at radius 2 is 1.89 bits per heavy atom. The maximum atomic E-state index is 12.4. The lowest BCUT2D eigenvalue weighted by molar-refractivity contribution is -0.384. The van der Waals surface area contributed by atoms with E-state index in [1.54, 1.807) is 0 Å². The highest BCUT2D eigenvalue weighted by molar-refractivity contribution is 6.17. The number of hydrogen-bond acceptors (Lipinski definition) is 7. The average Bonchev–Trinajstić information content (AvgIpc) is 2.91. The number of aryl methyl sites for hydroxylation is 1. The highest BCUT2D eigenvalue weighted by atomic mass is 16.6. The monoisotopic (exact) mass is 382 g/mol. The molecule has 3 N–H and O–H groups in total. The first-order chi connectivity index (χ1) is 13.4. The number of nitrogens with one attached hydrogen (secondary N) is 2. The summed E-state index contributed by atoms with van der Waals surface area (Å²) in [6, 6.07) is 11.7. The van der Waals surface area contributed by atoms with Gasteiger partial charge in [-0.2, -0.15) is 0 Å². The molecule has 2 aromatic carbocycles. The Morgan fingerprint density at radius 1 is 1.11 bits per heavy atom. The number of β-amino-alcohol motifs (C(OH)–C–C–N with tert-alkyl or cyclic N) is 1. The summed E-state index contributed by atoms with van der Waals surface area (Å²) in [6.45, 7) is 1.46. The molecule has 9 heteroatoms. The smallest absolute Gasteiger partial charge is 0.277 e. The number of amides is 2. The summed E-state index contributed by atoms with van der Waals surface area (Å²) < 4.78 is 0. The number of benzene rings is 2. The first-order valence-electron chi connectivity index (χ1n) is 8.46. The number of nitro groups is 1. The molecule has 0 spiro atoms. The van der Waals surface area contributed by atoms with Crippen LogP contribution in [0.15, 0.2) is 54.2 Å². The van der Waals surface area contributed by atoms with Crippen LogP contribution < -0.4 is 10.6 Å².